The molecule has 6 nitrogen and oxygen atoms in total. The van der Waals surface area contributed by atoms with Gasteiger partial charge in [-0.25, -0.2) is 0 Å². The fourth-order valence-corrected chi connectivity index (χ4v) is 3.90. The van der Waals surface area contributed by atoms with Crippen LogP contribution >= 0.6 is 23.6 Å². The molecule has 0 aliphatic carbocycles. The van der Waals surface area contributed by atoms with Crippen molar-refractivity contribution in [1.82, 2.24) is 9.78 Å². The number of nitrogens with one attached hydrogen (secondary N) is 2. The maximum Gasteiger partial charge on any atom is 0.204 e. The summed E-state index contributed by atoms with van der Waals surface area (Å²) in [6.45, 7) is 7.70. The zero-order valence-electron chi connectivity index (χ0n) is 14.1. The zero-order valence-corrected chi connectivity index (χ0v) is 15.8. The molecule has 130 valence electrons. The number of rotatable bonds is 6. The van der Waals surface area contributed by atoms with E-state index in [1.807, 2.05) is 30.8 Å². The van der Waals surface area contributed by atoms with Crippen molar-refractivity contribution < 1.29 is 9.64 Å². The Labute approximate surface area is 151 Å². The summed E-state index contributed by atoms with van der Waals surface area (Å²) in [7, 11) is 1.87. The van der Waals surface area contributed by atoms with Crippen LogP contribution in [0.4, 0.5) is 10.8 Å². The van der Waals surface area contributed by atoms with Gasteiger partial charge in [-0.2, -0.15) is 4.68 Å². The fourth-order valence-electron chi connectivity index (χ4n) is 2.94. The van der Waals surface area contributed by atoms with Gasteiger partial charge < -0.3 is 19.9 Å². The first-order valence-electron chi connectivity index (χ1n) is 8.27. The van der Waals surface area contributed by atoms with Gasteiger partial charge in [-0.3, -0.25) is 0 Å². The highest BCUT2D eigenvalue weighted by Gasteiger charge is 2.23. The second-order valence-corrected chi connectivity index (χ2v) is 7.34. The van der Waals surface area contributed by atoms with Crippen LogP contribution in [0.1, 0.15) is 6.92 Å². The van der Waals surface area contributed by atoms with Crippen LogP contribution in [0.25, 0.3) is 0 Å². The van der Waals surface area contributed by atoms with Gasteiger partial charge in [0.1, 0.15) is 5.75 Å². The van der Waals surface area contributed by atoms with Gasteiger partial charge in [0.2, 0.25) is 5.13 Å². The largest absolute Gasteiger partial charge is 0.492 e. The lowest BCUT2D eigenvalue weighted by Crippen LogP contribution is -3.14. The quantitative estimate of drug-likeness (QED) is 0.759. The number of piperazine rings is 1. The van der Waals surface area contributed by atoms with E-state index in [2.05, 4.69) is 27.4 Å². The Kier molecular flexibility index (Phi) is 5.70. The Hall–Kier alpha value is -1.64. The molecule has 24 heavy (non-hydrogen) atoms. The summed E-state index contributed by atoms with van der Waals surface area (Å²) in [6, 6.07) is 8.29. The van der Waals surface area contributed by atoms with E-state index >= 15 is 0 Å². The molecule has 1 saturated heterocycles. The molecule has 2 heterocycles. The van der Waals surface area contributed by atoms with Crippen molar-refractivity contribution in [3.8, 4) is 5.75 Å². The SMILES string of the molecule is CCOc1ccccc1N1CC[NH+](Cn2nc(NC)sc2=S)CC1. The van der Waals surface area contributed by atoms with Gasteiger partial charge in [0, 0.05) is 7.05 Å². The van der Waals surface area contributed by atoms with E-state index in [-0.39, 0.29) is 0 Å². The Morgan fingerprint density at radius 1 is 1.33 bits per heavy atom. The number of para-hydroxylation sites is 2. The lowest BCUT2D eigenvalue weighted by Gasteiger charge is -2.34. The van der Waals surface area contributed by atoms with E-state index in [1.165, 1.54) is 21.9 Å². The van der Waals surface area contributed by atoms with Crippen molar-refractivity contribution in [2.24, 2.45) is 0 Å². The third-order valence-corrected chi connectivity index (χ3v) is 5.50. The minimum Gasteiger partial charge on any atom is -0.492 e. The van der Waals surface area contributed by atoms with Crippen LogP contribution in [-0.4, -0.2) is 49.6 Å². The molecule has 3 rings (SSSR count). The lowest BCUT2D eigenvalue weighted by atomic mass is 10.2. The molecule has 8 heteroatoms. The first-order valence-corrected chi connectivity index (χ1v) is 9.49. The molecule has 0 bridgehead atoms. The van der Waals surface area contributed by atoms with Gasteiger partial charge in [-0.05, 0) is 31.3 Å². The normalized spacial score (nSPS) is 15.5. The Morgan fingerprint density at radius 3 is 2.75 bits per heavy atom. The van der Waals surface area contributed by atoms with E-state index in [1.54, 1.807) is 0 Å². The van der Waals surface area contributed by atoms with E-state index in [0.29, 0.717) is 6.61 Å². The maximum atomic E-state index is 5.76. The van der Waals surface area contributed by atoms with Crippen LogP contribution in [-0.2, 0) is 6.67 Å². The smallest absolute Gasteiger partial charge is 0.204 e. The fraction of sp³-hybridized carbons (Fsp3) is 0.500. The maximum absolute atomic E-state index is 5.76. The topological polar surface area (TPSA) is 46.8 Å². The number of hydrogen-bond acceptors (Lipinski definition) is 6. The minimum absolute atomic E-state index is 0.693. The third kappa shape index (κ3) is 3.88. The minimum atomic E-state index is 0.693. The summed E-state index contributed by atoms with van der Waals surface area (Å²) in [4.78, 5) is 3.91. The third-order valence-electron chi connectivity index (χ3n) is 4.17. The molecule has 0 unspecified atom stereocenters. The van der Waals surface area contributed by atoms with E-state index in [4.69, 9.17) is 17.0 Å². The van der Waals surface area contributed by atoms with Gasteiger partial charge in [0.15, 0.2) is 10.6 Å². The summed E-state index contributed by atoms with van der Waals surface area (Å²) >= 11 is 6.92. The second-order valence-electron chi connectivity index (χ2n) is 5.72. The van der Waals surface area contributed by atoms with Gasteiger partial charge in [-0.15, -0.1) is 5.10 Å². The van der Waals surface area contributed by atoms with Crippen LogP contribution in [0.15, 0.2) is 24.3 Å². The first-order chi connectivity index (χ1) is 11.7. The van der Waals surface area contributed by atoms with E-state index < -0.39 is 0 Å². The molecule has 2 aromatic rings. The van der Waals surface area contributed by atoms with Gasteiger partial charge >= 0.3 is 0 Å². The molecule has 0 radical (unpaired) electrons. The van der Waals surface area contributed by atoms with Crippen LogP contribution in [0.2, 0.25) is 0 Å². The highest BCUT2D eigenvalue weighted by Crippen LogP contribution is 2.27. The molecule has 2 N–H and O–H groups in total. The van der Waals surface area contributed by atoms with Crippen LogP contribution in [0, 0.1) is 3.95 Å². The number of nitrogens with zero attached hydrogens (tertiary/aromatic N) is 3. The molecule has 0 saturated carbocycles. The van der Waals surface area contributed by atoms with Crippen LogP contribution in [0.3, 0.4) is 0 Å². The van der Waals surface area contributed by atoms with Gasteiger partial charge in [0.25, 0.3) is 0 Å². The molecule has 1 aromatic heterocycles. The second kappa shape index (κ2) is 7.96. The summed E-state index contributed by atoms with van der Waals surface area (Å²) in [5.41, 5.74) is 1.20. The number of benzene rings is 1. The monoisotopic (exact) mass is 366 g/mol. The van der Waals surface area contributed by atoms with E-state index in [9.17, 15) is 0 Å². The van der Waals surface area contributed by atoms with Crippen LogP contribution in [0.5, 0.6) is 5.75 Å². The number of quaternary nitrogens is 1. The summed E-state index contributed by atoms with van der Waals surface area (Å²) in [5.74, 6) is 0.976. The Balaban J connectivity index is 1.61. The van der Waals surface area contributed by atoms with Crippen molar-refractivity contribution >= 4 is 34.4 Å². The van der Waals surface area contributed by atoms with Gasteiger partial charge in [0.05, 0.1) is 38.5 Å². The van der Waals surface area contributed by atoms with Crippen LogP contribution < -0.4 is 19.9 Å². The number of aromatic nitrogens is 2. The predicted molar refractivity (Wildman–Crippen MR) is 101 cm³/mol. The molecule has 0 amide bonds. The van der Waals surface area contributed by atoms with Crippen molar-refractivity contribution in [3.63, 3.8) is 0 Å². The number of hydrogen-bond donors (Lipinski definition) is 2. The van der Waals surface area contributed by atoms with Gasteiger partial charge in [-0.1, -0.05) is 23.5 Å². The van der Waals surface area contributed by atoms with Crippen molar-refractivity contribution in [2.45, 2.75) is 13.6 Å². The molecular formula is C16H24N5OS2+. The number of anilines is 2. The average Bonchev–Trinajstić information content (AvgIpc) is 2.96. The van der Waals surface area contributed by atoms with Crippen molar-refractivity contribution in [2.75, 3.05) is 50.1 Å². The molecule has 1 aliphatic rings. The molecule has 0 atom stereocenters. The molecule has 0 spiro atoms. The van der Waals surface area contributed by atoms with Crippen molar-refractivity contribution in [1.29, 1.82) is 0 Å². The predicted octanol–water partition coefficient (Wildman–Crippen LogP) is 1.48. The Morgan fingerprint density at radius 2 is 2.08 bits per heavy atom. The number of ether oxygens (including phenoxy) is 1. The molecule has 1 aromatic carbocycles. The zero-order chi connectivity index (χ0) is 16.9. The summed E-state index contributed by atoms with van der Waals surface area (Å²) in [5, 5.41) is 8.44. The summed E-state index contributed by atoms with van der Waals surface area (Å²) in [6.07, 6.45) is 0. The molecular weight excluding hydrogens is 342 g/mol. The highest BCUT2D eigenvalue weighted by atomic mass is 32.1. The molecule has 1 aliphatic heterocycles. The summed E-state index contributed by atoms with van der Waals surface area (Å²) < 4.78 is 8.53. The van der Waals surface area contributed by atoms with Crippen molar-refractivity contribution in [3.05, 3.63) is 28.2 Å². The molecule has 1 fully saturated rings. The first kappa shape index (κ1) is 17.2. The average molecular weight is 367 g/mol. The Bertz CT molecular complexity index is 721. The lowest BCUT2D eigenvalue weighted by molar-refractivity contribution is -0.924. The van der Waals surface area contributed by atoms with E-state index in [0.717, 1.165) is 47.7 Å². The highest BCUT2D eigenvalue weighted by molar-refractivity contribution is 7.73. The standard InChI is InChI=1S/C16H23N5OS2/c1-3-22-14-7-5-4-6-13(14)20-10-8-19(9-11-20)12-21-16(23)24-15(17-2)18-21/h4-7H,3,8-12H2,1-2H3,(H,17,18)/p+1.